The Bertz CT molecular complexity index is 1530. The highest BCUT2D eigenvalue weighted by molar-refractivity contribution is 6.14. The molecule has 0 saturated carbocycles. The molecule has 2 nitrogen and oxygen atoms in total. The summed E-state index contributed by atoms with van der Waals surface area (Å²) >= 11 is 0. The maximum atomic E-state index is 9.75. The number of rotatable bonds is 1. The molecule has 1 aromatic heterocycles. The van der Waals surface area contributed by atoms with Crippen LogP contribution in [0.15, 0.2) is 84.9 Å². The van der Waals surface area contributed by atoms with Crippen LogP contribution in [0.3, 0.4) is 0 Å². The van der Waals surface area contributed by atoms with Gasteiger partial charge in [0.25, 0.3) is 0 Å². The first-order valence-electron chi connectivity index (χ1n) is 10.3. The van der Waals surface area contributed by atoms with Gasteiger partial charge >= 0.3 is 0 Å². The number of hydrogen-bond donors (Lipinski definition) is 0. The molecule has 0 unspecified atom stereocenters. The minimum Gasteiger partial charge on any atom is -0.308 e. The highest BCUT2D eigenvalue weighted by atomic mass is 15.0. The first kappa shape index (κ1) is 17.1. The van der Waals surface area contributed by atoms with Gasteiger partial charge in [0.2, 0.25) is 0 Å². The summed E-state index contributed by atoms with van der Waals surface area (Å²) in [6.07, 6.45) is 0. The van der Waals surface area contributed by atoms with Gasteiger partial charge in [-0.25, -0.2) is 0 Å². The molecular weight excluding hydrogens is 364 g/mol. The van der Waals surface area contributed by atoms with E-state index < -0.39 is 0 Å². The maximum absolute atomic E-state index is 9.75. The highest BCUT2D eigenvalue weighted by Gasteiger charge is 2.37. The van der Waals surface area contributed by atoms with Gasteiger partial charge in [0.1, 0.15) is 6.07 Å². The van der Waals surface area contributed by atoms with E-state index in [1.165, 1.54) is 33.0 Å². The highest BCUT2D eigenvalue weighted by Crippen LogP contribution is 2.53. The molecule has 1 heterocycles. The zero-order valence-corrected chi connectivity index (χ0v) is 17.0. The molecule has 0 N–H and O–H groups in total. The molecule has 5 aromatic rings. The van der Waals surface area contributed by atoms with Crippen LogP contribution in [0.1, 0.15) is 30.5 Å². The monoisotopic (exact) mass is 384 g/mol. The van der Waals surface area contributed by atoms with Crippen molar-refractivity contribution in [3.8, 4) is 22.9 Å². The second-order valence-electron chi connectivity index (χ2n) is 8.53. The molecule has 0 amide bonds. The number of hydrogen-bond acceptors (Lipinski definition) is 1. The minimum atomic E-state index is -0.0882. The molecule has 6 rings (SSSR count). The Hall–Kier alpha value is -3.83. The summed E-state index contributed by atoms with van der Waals surface area (Å²) in [7, 11) is 0. The second kappa shape index (κ2) is 5.84. The molecule has 0 saturated heterocycles. The summed E-state index contributed by atoms with van der Waals surface area (Å²) in [5.41, 5.74) is 9.21. The number of para-hydroxylation sites is 2. The SMILES string of the molecule is CC1(C)c2ccccc2-c2ccc3c(c21)c1ccccc1n3-c1ccccc1C#N. The molecule has 0 aliphatic heterocycles. The molecule has 2 heteroatoms. The van der Waals surface area contributed by atoms with Crippen LogP contribution in [0.4, 0.5) is 0 Å². The van der Waals surface area contributed by atoms with Crippen LogP contribution in [0.2, 0.25) is 0 Å². The Labute approximate surface area is 175 Å². The fourth-order valence-electron chi connectivity index (χ4n) is 5.35. The van der Waals surface area contributed by atoms with Crippen molar-refractivity contribution in [1.29, 1.82) is 5.26 Å². The normalized spacial score (nSPS) is 13.9. The first-order valence-corrected chi connectivity index (χ1v) is 10.3. The molecule has 4 aromatic carbocycles. The Balaban J connectivity index is 1.83. The van der Waals surface area contributed by atoms with Gasteiger partial charge < -0.3 is 4.57 Å². The van der Waals surface area contributed by atoms with Crippen LogP contribution in [-0.4, -0.2) is 4.57 Å². The van der Waals surface area contributed by atoms with E-state index in [9.17, 15) is 5.26 Å². The average molecular weight is 384 g/mol. The average Bonchev–Trinajstić information content (AvgIpc) is 3.23. The van der Waals surface area contributed by atoms with E-state index in [1.54, 1.807) is 0 Å². The Kier molecular flexibility index (Phi) is 3.32. The van der Waals surface area contributed by atoms with Crippen molar-refractivity contribution in [2.45, 2.75) is 19.3 Å². The topological polar surface area (TPSA) is 28.7 Å². The van der Waals surface area contributed by atoms with Gasteiger partial charge in [-0.15, -0.1) is 0 Å². The van der Waals surface area contributed by atoms with Crippen molar-refractivity contribution >= 4 is 21.8 Å². The van der Waals surface area contributed by atoms with Crippen LogP contribution in [0.5, 0.6) is 0 Å². The molecule has 0 atom stereocenters. The van der Waals surface area contributed by atoms with Gasteiger partial charge in [-0.2, -0.15) is 5.26 Å². The predicted octanol–water partition coefficient (Wildman–Crippen LogP) is 6.96. The third-order valence-corrected chi connectivity index (χ3v) is 6.62. The van der Waals surface area contributed by atoms with E-state index in [1.807, 2.05) is 24.3 Å². The Morgan fingerprint density at radius 3 is 2.33 bits per heavy atom. The summed E-state index contributed by atoms with van der Waals surface area (Å²) in [5, 5.41) is 12.3. The van der Waals surface area contributed by atoms with Gasteiger partial charge in [0.05, 0.1) is 22.3 Å². The van der Waals surface area contributed by atoms with E-state index in [0.29, 0.717) is 5.56 Å². The number of nitriles is 1. The van der Waals surface area contributed by atoms with Crippen molar-refractivity contribution in [2.75, 3.05) is 0 Å². The fraction of sp³-hybridized carbons (Fsp3) is 0.107. The lowest BCUT2D eigenvalue weighted by Gasteiger charge is -2.22. The van der Waals surface area contributed by atoms with Gasteiger partial charge in [0.15, 0.2) is 0 Å². The molecule has 1 aliphatic rings. The van der Waals surface area contributed by atoms with Crippen LogP contribution in [0.25, 0.3) is 38.6 Å². The standard InChI is InChI=1S/C28H20N2/c1-28(2)22-12-6-4-10-19(22)20-15-16-25-26(27(20)28)21-11-5-8-14-24(21)30(25)23-13-7-3-9-18(23)17-29/h3-16H,1-2H3. The molecule has 0 bridgehead atoms. The summed E-state index contributed by atoms with van der Waals surface area (Å²) in [6, 6.07) is 32.0. The van der Waals surface area contributed by atoms with E-state index in [4.69, 9.17) is 0 Å². The summed E-state index contributed by atoms with van der Waals surface area (Å²) in [6.45, 7) is 4.65. The van der Waals surface area contributed by atoms with Gasteiger partial charge in [0, 0.05) is 16.2 Å². The van der Waals surface area contributed by atoms with Crippen LogP contribution in [-0.2, 0) is 5.41 Å². The lowest BCUT2D eigenvalue weighted by Crippen LogP contribution is -2.15. The molecule has 30 heavy (non-hydrogen) atoms. The molecule has 142 valence electrons. The first-order chi connectivity index (χ1) is 14.6. The van der Waals surface area contributed by atoms with Crippen molar-refractivity contribution in [3.05, 3.63) is 102 Å². The third kappa shape index (κ3) is 2.02. The number of nitrogens with zero attached hydrogens (tertiary/aromatic N) is 2. The van der Waals surface area contributed by atoms with Crippen molar-refractivity contribution < 1.29 is 0 Å². The van der Waals surface area contributed by atoms with Crippen LogP contribution in [0, 0.1) is 11.3 Å². The van der Waals surface area contributed by atoms with Crippen LogP contribution >= 0.6 is 0 Å². The molecule has 0 fully saturated rings. The number of benzene rings is 4. The van der Waals surface area contributed by atoms with Crippen molar-refractivity contribution in [3.63, 3.8) is 0 Å². The summed E-state index contributed by atoms with van der Waals surface area (Å²) in [5.74, 6) is 0. The quantitative estimate of drug-likeness (QED) is 0.307. The zero-order chi connectivity index (χ0) is 20.5. The summed E-state index contributed by atoms with van der Waals surface area (Å²) in [4.78, 5) is 0. The predicted molar refractivity (Wildman–Crippen MR) is 123 cm³/mol. The van der Waals surface area contributed by atoms with Crippen LogP contribution < -0.4 is 0 Å². The Morgan fingerprint density at radius 2 is 1.47 bits per heavy atom. The van der Waals surface area contributed by atoms with E-state index in [-0.39, 0.29) is 5.41 Å². The number of aromatic nitrogens is 1. The van der Waals surface area contributed by atoms with Crippen molar-refractivity contribution in [2.24, 2.45) is 0 Å². The largest absolute Gasteiger partial charge is 0.308 e. The van der Waals surface area contributed by atoms with Crippen molar-refractivity contribution in [1.82, 2.24) is 4.57 Å². The lowest BCUT2D eigenvalue weighted by molar-refractivity contribution is 0.666. The molecular formula is C28H20N2. The Morgan fingerprint density at radius 1 is 0.733 bits per heavy atom. The lowest BCUT2D eigenvalue weighted by atomic mass is 9.80. The summed E-state index contributed by atoms with van der Waals surface area (Å²) < 4.78 is 2.25. The van der Waals surface area contributed by atoms with E-state index >= 15 is 0 Å². The fourth-order valence-corrected chi connectivity index (χ4v) is 5.35. The second-order valence-corrected chi connectivity index (χ2v) is 8.53. The minimum absolute atomic E-state index is 0.0882. The smallest absolute Gasteiger partial charge is 0.101 e. The van der Waals surface area contributed by atoms with Gasteiger partial charge in [-0.3, -0.25) is 0 Å². The maximum Gasteiger partial charge on any atom is 0.101 e. The molecule has 1 aliphatic carbocycles. The molecule has 0 radical (unpaired) electrons. The molecule has 0 spiro atoms. The van der Waals surface area contributed by atoms with Gasteiger partial charge in [-0.05, 0) is 46.5 Å². The number of fused-ring (bicyclic) bond motifs is 7. The third-order valence-electron chi connectivity index (χ3n) is 6.62. The van der Waals surface area contributed by atoms with E-state index in [0.717, 1.165) is 16.7 Å². The van der Waals surface area contributed by atoms with E-state index in [2.05, 4.69) is 85.1 Å². The van der Waals surface area contributed by atoms with Gasteiger partial charge in [-0.1, -0.05) is 74.5 Å². The zero-order valence-electron chi connectivity index (χ0n) is 17.0.